The lowest BCUT2D eigenvalue weighted by Crippen LogP contribution is -2.30. The number of amides is 1. The Kier molecular flexibility index (Phi) is 7.21. The van der Waals surface area contributed by atoms with Gasteiger partial charge in [-0.2, -0.15) is 0 Å². The lowest BCUT2D eigenvalue weighted by Gasteiger charge is -2.15. The summed E-state index contributed by atoms with van der Waals surface area (Å²) in [6.45, 7) is 5.90. The molecule has 0 spiro atoms. The summed E-state index contributed by atoms with van der Waals surface area (Å²) in [5.74, 6) is 0.0139. The summed E-state index contributed by atoms with van der Waals surface area (Å²) in [5, 5.41) is 2.80. The van der Waals surface area contributed by atoms with Crippen molar-refractivity contribution in [3.8, 4) is 5.75 Å². The number of rotatable bonds is 8. The van der Waals surface area contributed by atoms with Crippen molar-refractivity contribution < 1.29 is 19.1 Å². The molecule has 5 nitrogen and oxygen atoms in total. The third-order valence-electron chi connectivity index (χ3n) is 4.08. The number of ether oxygens (including phenoxy) is 2. The van der Waals surface area contributed by atoms with Gasteiger partial charge >= 0.3 is 5.97 Å². The first-order valence-electron chi connectivity index (χ1n) is 8.72. The van der Waals surface area contributed by atoms with Gasteiger partial charge in [-0.3, -0.25) is 9.59 Å². The molecule has 5 heteroatoms. The Morgan fingerprint density at radius 1 is 1.04 bits per heavy atom. The van der Waals surface area contributed by atoms with Crippen molar-refractivity contribution in [2.45, 2.75) is 39.7 Å². The Balaban J connectivity index is 1.72. The highest BCUT2D eigenvalue weighted by Gasteiger charge is 2.18. The number of para-hydroxylation sites is 1. The number of carbonyl (C=O) groups excluding carboxylic acids is 2. The first-order valence-corrected chi connectivity index (χ1v) is 8.72. The van der Waals surface area contributed by atoms with E-state index in [-0.39, 0.29) is 12.3 Å². The average Bonchev–Trinajstić information content (AvgIpc) is 2.63. The zero-order valence-corrected chi connectivity index (χ0v) is 15.5. The normalized spacial score (nSPS) is 11.5. The summed E-state index contributed by atoms with van der Waals surface area (Å²) in [6.07, 6.45) is -0.120. The molecule has 0 bridgehead atoms. The van der Waals surface area contributed by atoms with Crippen LogP contribution in [0.1, 0.15) is 30.9 Å². The minimum absolute atomic E-state index is 0.202. The number of hydrogen-bond donors (Lipinski definition) is 1. The summed E-state index contributed by atoms with van der Waals surface area (Å²) in [6, 6.07) is 15.1. The van der Waals surface area contributed by atoms with E-state index in [0.717, 1.165) is 22.6 Å². The van der Waals surface area contributed by atoms with Crippen LogP contribution in [-0.2, 0) is 14.3 Å². The first-order chi connectivity index (χ1) is 12.5. The number of nitrogens with one attached hydrogen (secondary N) is 1. The van der Waals surface area contributed by atoms with Gasteiger partial charge in [-0.1, -0.05) is 30.3 Å². The highest BCUT2D eigenvalue weighted by atomic mass is 16.5. The maximum absolute atomic E-state index is 12.2. The third kappa shape index (κ3) is 5.92. The summed E-state index contributed by atoms with van der Waals surface area (Å²) >= 11 is 0. The molecule has 2 rings (SSSR count). The molecule has 0 radical (unpaired) electrons. The fourth-order valence-electron chi connectivity index (χ4n) is 2.35. The fourth-order valence-corrected chi connectivity index (χ4v) is 2.35. The predicted molar refractivity (Wildman–Crippen MR) is 101 cm³/mol. The molecule has 0 aliphatic carbocycles. The van der Waals surface area contributed by atoms with E-state index in [0.29, 0.717) is 13.0 Å². The van der Waals surface area contributed by atoms with E-state index in [1.807, 2.05) is 62.4 Å². The van der Waals surface area contributed by atoms with Crippen LogP contribution in [0.4, 0.5) is 5.69 Å². The average molecular weight is 355 g/mol. The fraction of sp³-hybridized carbons (Fsp3) is 0.333. The lowest BCUT2D eigenvalue weighted by atomic mass is 10.1. The number of carbonyl (C=O) groups is 2. The van der Waals surface area contributed by atoms with Crippen molar-refractivity contribution in [2.75, 3.05) is 11.9 Å². The van der Waals surface area contributed by atoms with Crippen LogP contribution in [0.15, 0.2) is 48.5 Å². The predicted octanol–water partition coefficient (Wildman–Crippen LogP) is 4.03. The molecule has 138 valence electrons. The van der Waals surface area contributed by atoms with Gasteiger partial charge in [0.25, 0.3) is 5.91 Å². The summed E-state index contributed by atoms with van der Waals surface area (Å²) in [7, 11) is 0. The van der Waals surface area contributed by atoms with E-state index < -0.39 is 12.1 Å². The van der Waals surface area contributed by atoms with Crippen molar-refractivity contribution >= 4 is 17.6 Å². The molecule has 0 aromatic heterocycles. The minimum atomic E-state index is -0.850. The molecule has 0 unspecified atom stereocenters. The van der Waals surface area contributed by atoms with Gasteiger partial charge < -0.3 is 14.8 Å². The SMILES string of the molecule is Cc1cccc(NC(=O)[C@@H](C)OC(=O)CCCOc2ccccc2)c1C. The van der Waals surface area contributed by atoms with Gasteiger partial charge in [-0.05, 0) is 56.5 Å². The Labute approximate surface area is 154 Å². The Morgan fingerprint density at radius 3 is 2.50 bits per heavy atom. The summed E-state index contributed by atoms with van der Waals surface area (Å²) in [5.41, 5.74) is 2.82. The second-order valence-corrected chi connectivity index (χ2v) is 6.13. The van der Waals surface area contributed by atoms with Crippen LogP contribution in [0.2, 0.25) is 0 Å². The Hall–Kier alpha value is -2.82. The number of hydrogen-bond acceptors (Lipinski definition) is 4. The van der Waals surface area contributed by atoms with Crippen molar-refractivity contribution in [1.82, 2.24) is 0 Å². The second-order valence-electron chi connectivity index (χ2n) is 6.13. The zero-order valence-electron chi connectivity index (χ0n) is 15.5. The van der Waals surface area contributed by atoms with Crippen LogP contribution in [-0.4, -0.2) is 24.6 Å². The van der Waals surface area contributed by atoms with E-state index in [4.69, 9.17) is 9.47 Å². The molecule has 1 atom stereocenters. The summed E-state index contributed by atoms with van der Waals surface area (Å²) < 4.78 is 10.7. The van der Waals surface area contributed by atoms with E-state index in [1.165, 1.54) is 0 Å². The van der Waals surface area contributed by atoms with Crippen LogP contribution in [0.25, 0.3) is 0 Å². The van der Waals surface area contributed by atoms with Crippen LogP contribution in [0, 0.1) is 13.8 Å². The van der Waals surface area contributed by atoms with Gasteiger partial charge in [-0.15, -0.1) is 0 Å². The molecule has 26 heavy (non-hydrogen) atoms. The molecule has 0 saturated heterocycles. The molecule has 0 aliphatic heterocycles. The minimum Gasteiger partial charge on any atom is -0.494 e. The number of esters is 1. The first kappa shape index (κ1) is 19.5. The Morgan fingerprint density at radius 2 is 1.77 bits per heavy atom. The van der Waals surface area contributed by atoms with Gasteiger partial charge in [0, 0.05) is 12.1 Å². The lowest BCUT2D eigenvalue weighted by molar-refractivity contribution is -0.153. The largest absolute Gasteiger partial charge is 0.494 e. The van der Waals surface area contributed by atoms with Crippen molar-refractivity contribution in [1.29, 1.82) is 0 Å². The smallest absolute Gasteiger partial charge is 0.306 e. The van der Waals surface area contributed by atoms with Crippen LogP contribution in [0.5, 0.6) is 5.75 Å². The number of aryl methyl sites for hydroxylation is 1. The highest BCUT2D eigenvalue weighted by molar-refractivity contribution is 5.95. The second kappa shape index (κ2) is 9.61. The maximum atomic E-state index is 12.2. The maximum Gasteiger partial charge on any atom is 0.306 e. The number of benzene rings is 2. The van der Waals surface area contributed by atoms with Gasteiger partial charge in [0.2, 0.25) is 0 Å². The zero-order chi connectivity index (χ0) is 18.9. The van der Waals surface area contributed by atoms with Crippen molar-refractivity contribution in [3.05, 3.63) is 59.7 Å². The van der Waals surface area contributed by atoms with E-state index >= 15 is 0 Å². The number of anilines is 1. The van der Waals surface area contributed by atoms with Crippen LogP contribution in [0.3, 0.4) is 0 Å². The molecular formula is C21H25NO4. The summed E-state index contributed by atoms with van der Waals surface area (Å²) in [4.78, 5) is 24.1. The van der Waals surface area contributed by atoms with Crippen molar-refractivity contribution in [2.24, 2.45) is 0 Å². The topological polar surface area (TPSA) is 64.6 Å². The van der Waals surface area contributed by atoms with Gasteiger partial charge in [-0.25, -0.2) is 0 Å². The van der Waals surface area contributed by atoms with Gasteiger partial charge in [0.15, 0.2) is 6.10 Å². The quantitative estimate of drug-likeness (QED) is 0.573. The van der Waals surface area contributed by atoms with Crippen LogP contribution >= 0.6 is 0 Å². The molecule has 1 amide bonds. The van der Waals surface area contributed by atoms with E-state index in [9.17, 15) is 9.59 Å². The van der Waals surface area contributed by atoms with E-state index in [2.05, 4.69) is 5.32 Å². The van der Waals surface area contributed by atoms with Crippen LogP contribution < -0.4 is 10.1 Å². The highest BCUT2D eigenvalue weighted by Crippen LogP contribution is 2.18. The molecule has 0 heterocycles. The third-order valence-corrected chi connectivity index (χ3v) is 4.08. The monoisotopic (exact) mass is 355 g/mol. The van der Waals surface area contributed by atoms with Gasteiger partial charge in [0.05, 0.1) is 6.61 Å². The van der Waals surface area contributed by atoms with Gasteiger partial charge in [0.1, 0.15) is 5.75 Å². The van der Waals surface area contributed by atoms with Crippen molar-refractivity contribution in [3.63, 3.8) is 0 Å². The molecular weight excluding hydrogens is 330 g/mol. The molecule has 2 aromatic carbocycles. The molecule has 0 fully saturated rings. The molecule has 2 aromatic rings. The Bertz CT molecular complexity index is 743. The molecule has 0 aliphatic rings. The van der Waals surface area contributed by atoms with E-state index in [1.54, 1.807) is 6.92 Å². The molecule has 1 N–H and O–H groups in total. The molecule has 0 saturated carbocycles. The standard InChI is InChI=1S/C21H25NO4/c1-15-9-7-12-19(16(15)2)22-21(24)17(3)26-20(23)13-8-14-25-18-10-5-4-6-11-18/h4-7,9-12,17H,8,13-14H2,1-3H3,(H,22,24)/t17-/m1/s1.